The lowest BCUT2D eigenvalue weighted by Gasteiger charge is -2.33. The fraction of sp³-hybridized carbons (Fsp3) is 0.375. The van der Waals surface area contributed by atoms with Gasteiger partial charge >= 0.3 is 0 Å². The van der Waals surface area contributed by atoms with Crippen LogP contribution < -0.4 is 0 Å². The lowest BCUT2D eigenvalue weighted by Crippen LogP contribution is -2.44. The highest BCUT2D eigenvalue weighted by Crippen LogP contribution is 2.15. The van der Waals surface area contributed by atoms with Crippen molar-refractivity contribution in [1.29, 1.82) is 0 Å². The van der Waals surface area contributed by atoms with Crippen LogP contribution in [-0.4, -0.2) is 29.7 Å². The highest BCUT2D eigenvalue weighted by molar-refractivity contribution is 5.21. The predicted molar refractivity (Wildman–Crippen MR) is 77.4 cm³/mol. The highest BCUT2D eigenvalue weighted by atomic mass is 16.3. The summed E-state index contributed by atoms with van der Waals surface area (Å²) < 4.78 is 0.699. The van der Waals surface area contributed by atoms with E-state index in [2.05, 4.69) is 51.4 Å². The molecule has 0 aliphatic rings. The van der Waals surface area contributed by atoms with Crippen LogP contribution in [-0.2, 0) is 13.0 Å². The Morgan fingerprint density at radius 3 is 2.28 bits per heavy atom. The molecule has 1 aromatic carbocycles. The van der Waals surface area contributed by atoms with Crippen LogP contribution in [0.1, 0.15) is 18.1 Å². The zero-order chi connectivity index (χ0) is 13.6. The first-order valence-corrected chi connectivity index (χ1v) is 6.38. The highest BCUT2D eigenvalue weighted by Gasteiger charge is 2.21. The summed E-state index contributed by atoms with van der Waals surface area (Å²) in [5, 5.41) is 9.43. The van der Waals surface area contributed by atoms with Gasteiger partial charge in [-0.15, -0.1) is 0 Å². The molecule has 2 heteroatoms. The number of nitrogens with zero attached hydrogens (tertiary/aromatic N) is 1. The van der Waals surface area contributed by atoms with Gasteiger partial charge in [0.1, 0.15) is 18.8 Å². The first-order valence-electron chi connectivity index (χ1n) is 6.38. The van der Waals surface area contributed by atoms with Gasteiger partial charge in [-0.3, -0.25) is 0 Å². The van der Waals surface area contributed by atoms with Crippen LogP contribution in [0.4, 0.5) is 0 Å². The molecule has 1 atom stereocenters. The fourth-order valence-electron chi connectivity index (χ4n) is 2.26. The van der Waals surface area contributed by atoms with Gasteiger partial charge in [-0.05, 0) is 18.1 Å². The second kappa shape index (κ2) is 6.41. The molecule has 0 saturated heterocycles. The second-order valence-electron chi connectivity index (χ2n) is 5.14. The van der Waals surface area contributed by atoms with Gasteiger partial charge in [0, 0.05) is 5.56 Å². The van der Waals surface area contributed by atoms with Gasteiger partial charge in [-0.1, -0.05) is 44.3 Å². The molecule has 1 aromatic rings. The molecule has 2 nitrogen and oxygen atoms in total. The smallest absolute Gasteiger partial charge is 0.139 e. The third kappa shape index (κ3) is 4.38. The maximum Gasteiger partial charge on any atom is 0.139 e. The predicted octanol–water partition coefficient (Wildman–Crippen LogP) is 3.45. The van der Waals surface area contributed by atoms with Crippen LogP contribution in [0.15, 0.2) is 49.3 Å². The van der Waals surface area contributed by atoms with Gasteiger partial charge in [0.2, 0.25) is 0 Å². The van der Waals surface area contributed by atoms with Crippen LogP contribution in [0.2, 0.25) is 0 Å². The van der Waals surface area contributed by atoms with E-state index >= 15 is 0 Å². The van der Waals surface area contributed by atoms with Crippen molar-refractivity contribution in [3.8, 4) is 0 Å². The van der Waals surface area contributed by atoms with Crippen LogP contribution >= 0.6 is 0 Å². The van der Waals surface area contributed by atoms with Gasteiger partial charge in [-0.2, -0.15) is 0 Å². The average molecular weight is 246 g/mol. The summed E-state index contributed by atoms with van der Waals surface area (Å²) in [6, 6.07) is 8.67. The molecular formula is C16H24NO+. The van der Waals surface area contributed by atoms with Gasteiger partial charge < -0.3 is 9.59 Å². The number of quaternary nitrogens is 1. The molecule has 0 heterocycles. The number of benzene rings is 1. The van der Waals surface area contributed by atoms with Gasteiger partial charge in [-0.25, -0.2) is 0 Å². The van der Waals surface area contributed by atoms with E-state index in [9.17, 15) is 5.11 Å². The van der Waals surface area contributed by atoms with Crippen molar-refractivity contribution >= 4 is 0 Å². The maximum absolute atomic E-state index is 9.43. The minimum atomic E-state index is 0.226. The summed E-state index contributed by atoms with van der Waals surface area (Å²) in [6.45, 7) is 11.8. The Labute approximate surface area is 110 Å². The van der Waals surface area contributed by atoms with Crippen molar-refractivity contribution in [2.75, 3.05) is 20.1 Å². The summed E-state index contributed by atoms with van der Waals surface area (Å²) in [5.74, 6) is 0.226. The zero-order valence-corrected chi connectivity index (χ0v) is 11.5. The second-order valence-corrected chi connectivity index (χ2v) is 5.14. The maximum atomic E-state index is 9.43. The van der Waals surface area contributed by atoms with Crippen molar-refractivity contribution in [3.63, 3.8) is 0 Å². The molecule has 0 aliphatic heterocycles. The molecule has 0 amide bonds. The number of aryl methyl sites for hydroxylation is 1. The largest absolute Gasteiger partial charge is 0.507 e. The monoisotopic (exact) mass is 246 g/mol. The third-order valence-corrected chi connectivity index (χ3v) is 3.13. The van der Waals surface area contributed by atoms with E-state index in [1.165, 1.54) is 11.1 Å². The lowest BCUT2D eigenvalue weighted by molar-refractivity contribution is -0.913. The molecule has 0 bridgehead atoms. The Bertz CT molecular complexity index is 408. The Balaban J connectivity index is 2.81. The molecule has 0 fully saturated rings. The molecule has 0 aliphatic carbocycles. The molecule has 1 rings (SSSR count). The Hall–Kier alpha value is -1.54. The number of hydrogen-bond donors (Lipinski definition) is 1. The molecule has 0 saturated carbocycles. The topological polar surface area (TPSA) is 20.2 Å². The quantitative estimate of drug-likeness (QED) is 0.444. The van der Waals surface area contributed by atoms with E-state index in [1.807, 2.05) is 6.08 Å². The summed E-state index contributed by atoms with van der Waals surface area (Å²) in [4.78, 5) is 0. The zero-order valence-electron chi connectivity index (χ0n) is 11.5. The van der Waals surface area contributed by atoms with E-state index in [0.717, 1.165) is 19.5 Å². The molecule has 1 unspecified atom stereocenters. The third-order valence-electron chi connectivity index (χ3n) is 3.13. The summed E-state index contributed by atoms with van der Waals surface area (Å²) in [7, 11) is 2.11. The Morgan fingerprint density at radius 1 is 1.28 bits per heavy atom. The minimum Gasteiger partial charge on any atom is -0.507 e. The van der Waals surface area contributed by atoms with E-state index in [1.54, 1.807) is 0 Å². The number of hydrogen-bond acceptors (Lipinski definition) is 1. The Kier molecular flexibility index (Phi) is 5.17. The van der Waals surface area contributed by atoms with E-state index in [-0.39, 0.29) is 5.76 Å². The normalized spacial score (nSPS) is 13.9. The summed E-state index contributed by atoms with van der Waals surface area (Å²) in [6.07, 6.45) is 2.95. The fourth-order valence-corrected chi connectivity index (χ4v) is 2.26. The first-order chi connectivity index (χ1) is 8.49. The number of aliphatic hydroxyl groups excluding tert-OH is 1. The van der Waals surface area contributed by atoms with E-state index in [4.69, 9.17) is 0 Å². The average Bonchev–Trinajstić information content (AvgIpc) is 2.28. The molecule has 0 spiro atoms. The molecular weight excluding hydrogens is 222 g/mol. The van der Waals surface area contributed by atoms with E-state index in [0.29, 0.717) is 11.0 Å². The summed E-state index contributed by atoms with van der Waals surface area (Å²) in [5.41, 5.74) is 2.63. The first kappa shape index (κ1) is 14.5. The van der Waals surface area contributed by atoms with Crippen LogP contribution in [0.3, 0.4) is 0 Å². The van der Waals surface area contributed by atoms with Crippen molar-refractivity contribution in [1.82, 2.24) is 0 Å². The molecule has 0 aromatic heterocycles. The SMILES string of the molecule is C=CC[N+](C)(CC(=C)O)Cc1ccc(CC)cc1. The molecule has 18 heavy (non-hydrogen) atoms. The summed E-state index contributed by atoms with van der Waals surface area (Å²) >= 11 is 0. The number of aliphatic hydroxyl groups is 1. The molecule has 1 N–H and O–H groups in total. The van der Waals surface area contributed by atoms with Crippen LogP contribution in [0.25, 0.3) is 0 Å². The van der Waals surface area contributed by atoms with Crippen molar-refractivity contribution in [3.05, 3.63) is 60.4 Å². The van der Waals surface area contributed by atoms with Crippen molar-refractivity contribution < 1.29 is 9.59 Å². The van der Waals surface area contributed by atoms with Crippen molar-refractivity contribution in [2.45, 2.75) is 19.9 Å². The molecule has 0 radical (unpaired) electrons. The van der Waals surface area contributed by atoms with Crippen LogP contribution in [0, 0.1) is 0 Å². The van der Waals surface area contributed by atoms with Crippen LogP contribution in [0.5, 0.6) is 0 Å². The van der Waals surface area contributed by atoms with Gasteiger partial charge in [0.05, 0.1) is 13.6 Å². The van der Waals surface area contributed by atoms with Gasteiger partial charge in [0.25, 0.3) is 0 Å². The minimum absolute atomic E-state index is 0.226. The molecule has 98 valence electrons. The number of likely N-dealkylation sites (N-methyl/N-ethyl adjacent to an activating group) is 1. The Morgan fingerprint density at radius 2 is 1.83 bits per heavy atom. The number of rotatable bonds is 7. The lowest BCUT2D eigenvalue weighted by atomic mass is 10.1. The standard InChI is InChI=1S/C16H23NO/c1-5-11-17(4,12-14(3)18)13-16-9-7-15(6-2)8-10-16/h5,7-10H,1,3,6,11-13H2,2,4H3/p+1. The van der Waals surface area contributed by atoms with Gasteiger partial charge in [0.15, 0.2) is 0 Å². The van der Waals surface area contributed by atoms with E-state index < -0.39 is 0 Å². The van der Waals surface area contributed by atoms with Crippen molar-refractivity contribution in [2.24, 2.45) is 0 Å².